The minimum atomic E-state index is -0.184. The van der Waals surface area contributed by atoms with Gasteiger partial charge in [0.1, 0.15) is 10.8 Å². The zero-order valence-electron chi connectivity index (χ0n) is 9.41. The Bertz CT molecular complexity index is 467. The maximum absolute atomic E-state index is 12.1. The Morgan fingerprint density at radius 3 is 2.82 bits per heavy atom. The van der Waals surface area contributed by atoms with Crippen molar-refractivity contribution >= 4 is 29.1 Å². The molecule has 0 aliphatic carbocycles. The second kappa shape index (κ2) is 4.76. The van der Waals surface area contributed by atoms with Crippen molar-refractivity contribution < 1.29 is 9.53 Å². The smallest absolute Gasteiger partial charge is 0.273 e. The average Bonchev–Trinajstić information content (AvgIpc) is 2.57. The van der Waals surface area contributed by atoms with E-state index in [9.17, 15) is 4.79 Å². The molecule has 7 heteroatoms. The molecule has 0 bridgehead atoms. The van der Waals surface area contributed by atoms with E-state index in [1.807, 2.05) is 6.92 Å². The second-order valence-electron chi connectivity index (χ2n) is 3.85. The van der Waals surface area contributed by atoms with Gasteiger partial charge in [-0.2, -0.15) is 0 Å². The maximum atomic E-state index is 12.1. The third-order valence-corrected chi connectivity index (χ3v) is 3.14. The first-order valence-corrected chi connectivity index (χ1v) is 5.82. The van der Waals surface area contributed by atoms with Crippen LogP contribution in [-0.2, 0) is 11.3 Å². The molecule has 0 radical (unpaired) electrons. The van der Waals surface area contributed by atoms with Crippen molar-refractivity contribution in [3.8, 4) is 0 Å². The Labute approximate surface area is 109 Å². The van der Waals surface area contributed by atoms with E-state index in [0.717, 1.165) is 0 Å². The Hall–Kier alpha value is -0.910. The van der Waals surface area contributed by atoms with E-state index in [2.05, 4.69) is 9.97 Å². The van der Waals surface area contributed by atoms with Crippen LogP contribution >= 0.6 is 23.2 Å². The number of methoxy groups -OCH3 is 1. The van der Waals surface area contributed by atoms with E-state index in [-0.39, 0.29) is 28.1 Å². The van der Waals surface area contributed by atoms with Crippen LogP contribution < -0.4 is 0 Å². The number of rotatable bonds is 3. The summed E-state index contributed by atoms with van der Waals surface area (Å²) in [4.78, 5) is 21.5. The number of amides is 1. The van der Waals surface area contributed by atoms with Gasteiger partial charge in [-0.1, -0.05) is 11.6 Å². The topological polar surface area (TPSA) is 55.3 Å². The number of carbonyl (C=O) groups is 1. The Kier molecular flexibility index (Phi) is 3.51. The summed E-state index contributed by atoms with van der Waals surface area (Å²) < 4.78 is 5.03. The molecule has 0 N–H and O–H groups in total. The lowest BCUT2D eigenvalue weighted by molar-refractivity contribution is 0.0585. The quantitative estimate of drug-likeness (QED) is 0.623. The molecule has 1 atom stereocenters. The van der Waals surface area contributed by atoms with E-state index < -0.39 is 0 Å². The standard InChI is InChI=1S/C10H11Cl2N3O2/c1-5(4-17-2)15-3-6-7(9(15)16)13-10(12)14-8(6)11/h5H,3-4H2,1-2H3. The normalized spacial score (nSPS) is 16.2. The van der Waals surface area contributed by atoms with Crippen LogP contribution in [0.4, 0.5) is 0 Å². The van der Waals surface area contributed by atoms with Gasteiger partial charge in [0.15, 0.2) is 0 Å². The Morgan fingerprint density at radius 2 is 2.18 bits per heavy atom. The molecule has 2 rings (SSSR count). The number of carbonyl (C=O) groups excluding carboxylic acids is 1. The molecule has 1 aliphatic rings. The van der Waals surface area contributed by atoms with E-state index in [4.69, 9.17) is 27.9 Å². The third-order valence-electron chi connectivity index (χ3n) is 2.66. The van der Waals surface area contributed by atoms with Crippen molar-refractivity contribution in [1.82, 2.24) is 14.9 Å². The van der Waals surface area contributed by atoms with E-state index in [0.29, 0.717) is 18.7 Å². The van der Waals surface area contributed by atoms with Crippen molar-refractivity contribution in [2.24, 2.45) is 0 Å². The number of hydrogen-bond acceptors (Lipinski definition) is 4. The number of fused-ring (bicyclic) bond motifs is 1. The van der Waals surface area contributed by atoms with Crippen LogP contribution in [0.15, 0.2) is 0 Å². The van der Waals surface area contributed by atoms with Gasteiger partial charge in [0.2, 0.25) is 5.28 Å². The zero-order valence-corrected chi connectivity index (χ0v) is 10.9. The van der Waals surface area contributed by atoms with Crippen LogP contribution in [0.5, 0.6) is 0 Å². The molecule has 0 saturated carbocycles. The summed E-state index contributed by atoms with van der Waals surface area (Å²) in [6, 6.07) is -0.0449. The Morgan fingerprint density at radius 1 is 1.47 bits per heavy atom. The Balaban J connectivity index is 2.32. The lowest BCUT2D eigenvalue weighted by Crippen LogP contribution is -2.36. The zero-order chi connectivity index (χ0) is 12.6. The minimum absolute atomic E-state index is 0.0108. The van der Waals surface area contributed by atoms with Gasteiger partial charge >= 0.3 is 0 Å². The number of hydrogen-bond donors (Lipinski definition) is 0. The van der Waals surface area contributed by atoms with Gasteiger partial charge in [0.25, 0.3) is 5.91 Å². The summed E-state index contributed by atoms with van der Waals surface area (Å²) in [6.45, 7) is 2.75. The fourth-order valence-electron chi connectivity index (χ4n) is 1.81. The summed E-state index contributed by atoms with van der Waals surface area (Å²) in [6.07, 6.45) is 0. The van der Waals surface area contributed by atoms with Gasteiger partial charge < -0.3 is 9.64 Å². The summed E-state index contributed by atoms with van der Waals surface area (Å²) in [7, 11) is 1.59. The minimum Gasteiger partial charge on any atom is -0.383 e. The largest absolute Gasteiger partial charge is 0.383 e. The van der Waals surface area contributed by atoms with Crippen LogP contribution in [0.2, 0.25) is 10.4 Å². The SMILES string of the molecule is COCC(C)N1Cc2c(Cl)nc(Cl)nc2C1=O. The van der Waals surface area contributed by atoms with Crippen molar-refractivity contribution in [3.63, 3.8) is 0 Å². The van der Waals surface area contributed by atoms with Gasteiger partial charge in [0, 0.05) is 12.7 Å². The first-order valence-electron chi connectivity index (χ1n) is 5.06. The lowest BCUT2D eigenvalue weighted by atomic mass is 10.3. The van der Waals surface area contributed by atoms with Gasteiger partial charge in [-0.15, -0.1) is 0 Å². The molecular weight excluding hydrogens is 265 g/mol. The van der Waals surface area contributed by atoms with E-state index in [1.165, 1.54) is 0 Å². The van der Waals surface area contributed by atoms with Crippen LogP contribution in [0, 0.1) is 0 Å². The average molecular weight is 276 g/mol. The van der Waals surface area contributed by atoms with E-state index >= 15 is 0 Å². The maximum Gasteiger partial charge on any atom is 0.273 e. The number of halogens is 2. The first-order chi connectivity index (χ1) is 8.04. The highest BCUT2D eigenvalue weighted by Crippen LogP contribution is 2.29. The van der Waals surface area contributed by atoms with Crippen molar-refractivity contribution in [3.05, 3.63) is 21.7 Å². The number of nitrogens with zero attached hydrogens (tertiary/aromatic N) is 3. The van der Waals surface area contributed by atoms with Crippen LogP contribution in [0.3, 0.4) is 0 Å². The van der Waals surface area contributed by atoms with Gasteiger partial charge in [-0.3, -0.25) is 4.79 Å². The van der Waals surface area contributed by atoms with Crippen molar-refractivity contribution in [1.29, 1.82) is 0 Å². The highest BCUT2D eigenvalue weighted by molar-refractivity contribution is 6.33. The molecule has 2 heterocycles. The molecule has 17 heavy (non-hydrogen) atoms. The molecule has 1 aliphatic heterocycles. The van der Waals surface area contributed by atoms with Gasteiger partial charge in [-0.05, 0) is 18.5 Å². The molecule has 0 fully saturated rings. The molecule has 1 amide bonds. The molecular formula is C10H11Cl2N3O2. The van der Waals surface area contributed by atoms with Crippen LogP contribution in [0.25, 0.3) is 0 Å². The highest BCUT2D eigenvalue weighted by atomic mass is 35.5. The summed E-state index contributed by atoms with van der Waals surface area (Å²) in [5.74, 6) is -0.184. The second-order valence-corrected chi connectivity index (χ2v) is 4.54. The molecule has 1 unspecified atom stereocenters. The molecule has 92 valence electrons. The molecule has 0 spiro atoms. The number of ether oxygens (including phenoxy) is 1. The van der Waals surface area contributed by atoms with Crippen LogP contribution in [-0.4, -0.2) is 40.5 Å². The fraction of sp³-hybridized carbons (Fsp3) is 0.500. The summed E-state index contributed by atoms with van der Waals surface area (Å²) in [5.41, 5.74) is 0.918. The predicted molar refractivity (Wildman–Crippen MR) is 63.3 cm³/mol. The first kappa shape index (κ1) is 12.5. The van der Waals surface area contributed by atoms with Gasteiger partial charge in [0.05, 0.1) is 19.2 Å². The summed E-state index contributed by atoms with van der Waals surface area (Å²) in [5, 5.41) is 0.226. The fourth-order valence-corrected chi connectivity index (χ4v) is 2.25. The monoisotopic (exact) mass is 275 g/mol. The molecule has 1 aromatic heterocycles. The molecule has 1 aromatic rings. The van der Waals surface area contributed by atoms with E-state index in [1.54, 1.807) is 12.0 Å². The van der Waals surface area contributed by atoms with Crippen LogP contribution in [0.1, 0.15) is 23.0 Å². The predicted octanol–water partition coefficient (Wildman–Crippen LogP) is 1.77. The van der Waals surface area contributed by atoms with Crippen molar-refractivity contribution in [2.75, 3.05) is 13.7 Å². The van der Waals surface area contributed by atoms with Gasteiger partial charge in [-0.25, -0.2) is 9.97 Å². The molecule has 5 nitrogen and oxygen atoms in total. The van der Waals surface area contributed by atoms with Crippen molar-refractivity contribution in [2.45, 2.75) is 19.5 Å². The lowest BCUT2D eigenvalue weighted by Gasteiger charge is -2.22. The highest BCUT2D eigenvalue weighted by Gasteiger charge is 2.34. The third kappa shape index (κ3) is 2.22. The molecule has 0 aromatic carbocycles. The molecule has 0 saturated heterocycles. The number of aromatic nitrogens is 2. The summed E-state index contributed by atoms with van der Waals surface area (Å²) >= 11 is 11.6.